The van der Waals surface area contributed by atoms with E-state index in [0.29, 0.717) is 29.6 Å². The molecular formula is C21H19BrClN5O2. The van der Waals surface area contributed by atoms with Crippen molar-refractivity contribution >= 4 is 39.1 Å². The van der Waals surface area contributed by atoms with Gasteiger partial charge in [0.25, 0.3) is 5.91 Å². The van der Waals surface area contributed by atoms with E-state index in [1.165, 1.54) is 0 Å². The van der Waals surface area contributed by atoms with Crippen molar-refractivity contribution in [2.75, 3.05) is 5.32 Å². The number of nitrogens with zero attached hydrogens (tertiary/aromatic N) is 4. The summed E-state index contributed by atoms with van der Waals surface area (Å²) in [5.41, 5.74) is 3.58. The SMILES string of the molecule is Cc1nn(Cc2ccc(C(=O)Nc3cccc(Cn4cc(Cl)cn4)c3)o2)c(C)c1Br. The summed E-state index contributed by atoms with van der Waals surface area (Å²) in [4.78, 5) is 12.6. The Morgan fingerprint density at radius 1 is 1.23 bits per heavy atom. The number of carbonyl (C=O) groups excluding carboxylic acids is 1. The Kier molecular flexibility index (Phi) is 5.78. The van der Waals surface area contributed by atoms with Crippen LogP contribution in [-0.2, 0) is 13.1 Å². The molecule has 3 heterocycles. The zero-order chi connectivity index (χ0) is 21.3. The van der Waals surface area contributed by atoms with Crippen molar-refractivity contribution in [1.29, 1.82) is 0 Å². The molecule has 7 nitrogen and oxygen atoms in total. The van der Waals surface area contributed by atoms with Gasteiger partial charge >= 0.3 is 0 Å². The Hall–Kier alpha value is -2.84. The van der Waals surface area contributed by atoms with Crippen molar-refractivity contribution in [2.45, 2.75) is 26.9 Å². The molecule has 0 saturated heterocycles. The first kappa shape index (κ1) is 20.4. The molecule has 0 aliphatic carbocycles. The lowest BCUT2D eigenvalue weighted by Crippen LogP contribution is -2.11. The van der Waals surface area contributed by atoms with Crippen molar-refractivity contribution in [3.8, 4) is 0 Å². The third-order valence-corrected chi connectivity index (χ3v) is 5.96. The largest absolute Gasteiger partial charge is 0.454 e. The zero-order valence-electron chi connectivity index (χ0n) is 16.4. The highest BCUT2D eigenvalue weighted by atomic mass is 79.9. The summed E-state index contributed by atoms with van der Waals surface area (Å²) in [6, 6.07) is 11.0. The number of furan rings is 1. The number of aryl methyl sites for hydroxylation is 1. The average Bonchev–Trinajstić information content (AvgIpc) is 3.40. The monoisotopic (exact) mass is 487 g/mol. The van der Waals surface area contributed by atoms with Crippen molar-refractivity contribution in [3.05, 3.63) is 86.8 Å². The summed E-state index contributed by atoms with van der Waals surface area (Å²) in [6.07, 6.45) is 3.34. The topological polar surface area (TPSA) is 77.9 Å². The van der Waals surface area contributed by atoms with Crippen LogP contribution in [0.1, 0.15) is 33.3 Å². The maximum absolute atomic E-state index is 12.6. The molecular weight excluding hydrogens is 470 g/mol. The zero-order valence-corrected chi connectivity index (χ0v) is 18.7. The number of rotatable bonds is 6. The quantitative estimate of drug-likeness (QED) is 0.412. The molecule has 0 aliphatic heterocycles. The van der Waals surface area contributed by atoms with E-state index in [1.54, 1.807) is 29.2 Å². The van der Waals surface area contributed by atoms with Crippen LogP contribution in [-0.4, -0.2) is 25.5 Å². The van der Waals surface area contributed by atoms with Crippen molar-refractivity contribution in [1.82, 2.24) is 19.6 Å². The number of nitrogens with one attached hydrogen (secondary N) is 1. The molecule has 9 heteroatoms. The number of amides is 1. The first-order valence-corrected chi connectivity index (χ1v) is 10.4. The molecule has 4 rings (SSSR count). The fourth-order valence-electron chi connectivity index (χ4n) is 3.11. The van der Waals surface area contributed by atoms with Gasteiger partial charge < -0.3 is 9.73 Å². The lowest BCUT2D eigenvalue weighted by molar-refractivity contribution is 0.0994. The lowest BCUT2D eigenvalue weighted by Gasteiger charge is -2.07. The molecule has 0 bridgehead atoms. The predicted molar refractivity (Wildman–Crippen MR) is 118 cm³/mol. The minimum Gasteiger partial charge on any atom is -0.454 e. The summed E-state index contributed by atoms with van der Waals surface area (Å²) >= 11 is 9.42. The highest BCUT2D eigenvalue weighted by Gasteiger charge is 2.14. The minimum atomic E-state index is -0.310. The second-order valence-electron chi connectivity index (χ2n) is 6.92. The Bertz CT molecular complexity index is 1210. The molecule has 0 fully saturated rings. The average molecular weight is 489 g/mol. The van der Waals surface area contributed by atoms with Crippen LogP contribution in [0.4, 0.5) is 5.69 Å². The van der Waals surface area contributed by atoms with Crippen molar-refractivity contribution < 1.29 is 9.21 Å². The van der Waals surface area contributed by atoms with E-state index >= 15 is 0 Å². The van der Waals surface area contributed by atoms with Crippen LogP contribution in [0.3, 0.4) is 0 Å². The Morgan fingerprint density at radius 3 is 2.77 bits per heavy atom. The Morgan fingerprint density at radius 2 is 2.07 bits per heavy atom. The van der Waals surface area contributed by atoms with Gasteiger partial charge in [-0.15, -0.1) is 0 Å². The van der Waals surface area contributed by atoms with E-state index in [9.17, 15) is 4.79 Å². The minimum absolute atomic E-state index is 0.245. The van der Waals surface area contributed by atoms with Crippen LogP contribution < -0.4 is 5.32 Å². The predicted octanol–water partition coefficient (Wildman–Crippen LogP) is 5.05. The highest BCUT2D eigenvalue weighted by molar-refractivity contribution is 9.10. The Balaban J connectivity index is 1.43. The van der Waals surface area contributed by atoms with Gasteiger partial charge in [-0.25, -0.2) is 0 Å². The summed E-state index contributed by atoms with van der Waals surface area (Å²) in [6.45, 7) is 4.92. The van der Waals surface area contributed by atoms with Gasteiger partial charge in [-0.05, 0) is 59.6 Å². The number of anilines is 1. The normalized spacial score (nSPS) is 11.1. The smallest absolute Gasteiger partial charge is 0.291 e. The fourth-order valence-corrected chi connectivity index (χ4v) is 3.55. The first-order valence-electron chi connectivity index (χ1n) is 9.25. The van der Waals surface area contributed by atoms with E-state index < -0.39 is 0 Å². The number of aromatic nitrogens is 4. The maximum Gasteiger partial charge on any atom is 0.291 e. The summed E-state index contributed by atoms with van der Waals surface area (Å²) in [5.74, 6) is 0.590. The fraction of sp³-hybridized carbons (Fsp3) is 0.190. The molecule has 0 aliphatic rings. The molecule has 1 amide bonds. The molecule has 0 unspecified atom stereocenters. The third kappa shape index (κ3) is 4.49. The highest BCUT2D eigenvalue weighted by Crippen LogP contribution is 2.21. The van der Waals surface area contributed by atoms with E-state index in [2.05, 4.69) is 31.4 Å². The number of halogens is 2. The van der Waals surface area contributed by atoms with Gasteiger partial charge in [0.05, 0.1) is 40.2 Å². The molecule has 30 heavy (non-hydrogen) atoms. The lowest BCUT2D eigenvalue weighted by atomic mass is 10.2. The van der Waals surface area contributed by atoms with Gasteiger partial charge in [0.2, 0.25) is 0 Å². The van der Waals surface area contributed by atoms with Crippen molar-refractivity contribution in [3.63, 3.8) is 0 Å². The van der Waals surface area contributed by atoms with Gasteiger partial charge in [0.15, 0.2) is 5.76 Å². The molecule has 1 N–H and O–H groups in total. The van der Waals surface area contributed by atoms with Gasteiger partial charge in [-0.3, -0.25) is 14.2 Å². The van der Waals surface area contributed by atoms with Crippen molar-refractivity contribution in [2.24, 2.45) is 0 Å². The molecule has 154 valence electrons. The molecule has 0 atom stereocenters. The number of hydrogen-bond acceptors (Lipinski definition) is 4. The van der Waals surface area contributed by atoms with E-state index in [-0.39, 0.29) is 11.7 Å². The second-order valence-corrected chi connectivity index (χ2v) is 8.15. The van der Waals surface area contributed by atoms with E-state index in [4.69, 9.17) is 16.0 Å². The van der Waals surface area contributed by atoms with Crippen LogP contribution in [0.2, 0.25) is 5.02 Å². The molecule has 1 aromatic carbocycles. The number of benzene rings is 1. The summed E-state index contributed by atoms with van der Waals surface area (Å²) in [7, 11) is 0. The Labute approximate surface area is 186 Å². The van der Waals surface area contributed by atoms with E-state index in [0.717, 1.165) is 21.4 Å². The van der Waals surface area contributed by atoms with Crippen LogP contribution >= 0.6 is 27.5 Å². The second kappa shape index (κ2) is 8.49. The number of hydrogen-bond donors (Lipinski definition) is 1. The molecule has 4 aromatic rings. The van der Waals surface area contributed by atoms with Gasteiger partial charge in [0.1, 0.15) is 5.76 Å². The molecule has 0 saturated carbocycles. The third-order valence-electron chi connectivity index (χ3n) is 4.62. The molecule has 0 spiro atoms. The molecule has 0 radical (unpaired) electrons. The summed E-state index contributed by atoms with van der Waals surface area (Å²) < 4.78 is 10.3. The van der Waals surface area contributed by atoms with Crippen LogP contribution in [0, 0.1) is 13.8 Å². The van der Waals surface area contributed by atoms with Crippen LogP contribution in [0.25, 0.3) is 0 Å². The van der Waals surface area contributed by atoms with Gasteiger partial charge in [-0.2, -0.15) is 10.2 Å². The first-order chi connectivity index (χ1) is 14.4. The molecule has 3 aromatic heterocycles. The van der Waals surface area contributed by atoms with Crippen LogP contribution in [0.15, 0.2) is 57.7 Å². The standard InChI is InChI=1S/C21H19BrClN5O2/c1-13-20(22)14(2)28(26-13)12-18-6-7-19(30-18)21(29)25-17-5-3-4-15(8-17)10-27-11-16(23)9-24-27/h3-9,11H,10,12H2,1-2H3,(H,25,29). The van der Waals surface area contributed by atoms with Gasteiger partial charge in [-0.1, -0.05) is 23.7 Å². The summed E-state index contributed by atoms with van der Waals surface area (Å²) in [5, 5.41) is 12.1. The van der Waals surface area contributed by atoms with E-state index in [1.807, 2.05) is 42.8 Å². The van der Waals surface area contributed by atoms with Crippen LogP contribution in [0.5, 0.6) is 0 Å². The van der Waals surface area contributed by atoms with Gasteiger partial charge in [0, 0.05) is 11.9 Å². The number of carbonyl (C=O) groups is 1. The maximum atomic E-state index is 12.6.